The maximum absolute atomic E-state index is 12.1. The fraction of sp³-hybridized carbons (Fsp3) is 0.0286. The highest BCUT2D eigenvalue weighted by atomic mass is 16.6. The fourth-order valence-corrected chi connectivity index (χ4v) is 7.03. The number of para-hydroxylation sites is 1. The number of rotatable bonds is 2. The van der Waals surface area contributed by atoms with Crippen LogP contribution in [-0.4, -0.2) is 4.92 Å². The maximum Gasteiger partial charge on any atom is 0.277 e. The maximum atomic E-state index is 12.1. The van der Waals surface area contributed by atoms with E-state index >= 15 is 0 Å². The molecule has 6 aromatic rings. The van der Waals surface area contributed by atoms with E-state index in [9.17, 15) is 10.1 Å². The summed E-state index contributed by atoms with van der Waals surface area (Å²) in [5.74, 6) is 0. The smallest absolute Gasteiger partial charge is 0.258 e. The van der Waals surface area contributed by atoms with E-state index in [2.05, 4.69) is 97.1 Å². The van der Waals surface area contributed by atoms with E-state index < -0.39 is 5.41 Å². The van der Waals surface area contributed by atoms with Gasteiger partial charge in [-0.15, -0.1) is 0 Å². The first-order valence-corrected chi connectivity index (χ1v) is 12.8. The molecule has 38 heavy (non-hydrogen) atoms. The Morgan fingerprint density at radius 3 is 1.58 bits per heavy atom. The topological polar surface area (TPSA) is 43.1 Å². The van der Waals surface area contributed by atoms with Crippen LogP contribution in [0.4, 0.5) is 5.69 Å². The van der Waals surface area contributed by atoms with Gasteiger partial charge in [-0.25, -0.2) is 0 Å². The van der Waals surface area contributed by atoms with Crippen LogP contribution in [0.1, 0.15) is 22.3 Å². The van der Waals surface area contributed by atoms with Gasteiger partial charge in [0.25, 0.3) is 5.69 Å². The molecule has 0 heterocycles. The number of benzene rings is 6. The van der Waals surface area contributed by atoms with Crippen LogP contribution in [0.5, 0.6) is 0 Å². The third-order valence-electron chi connectivity index (χ3n) is 8.39. The Hall–Kier alpha value is -5.02. The summed E-state index contributed by atoms with van der Waals surface area (Å²) in [6.45, 7) is 0. The zero-order valence-electron chi connectivity index (χ0n) is 20.4. The lowest BCUT2D eigenvalue weighted by atomic mass is 9.70. The van der Waals surface area contributed by atoms with Crippen LogP contribution in [0.3, 0.4) is 0 Å². The summed E-state index contributed by atoms with van der Waals surface area (Å²) < 4.78 is 0. The van der Waals surface area contributed by atoms with E-state index in [0.717, 1.165) is 16.3 Å². The summed E-state index contributed by atoms with van der Waals surface area (Å²) in [5, 5.41) is 14.3. The van der Waals surface area contributed by atoms with Gasteiger partial charge in [0.2, 0.25) is 0 Å². The van der Waals surface area contributed by atoms with Crippen molar-refractivity contribution in [2.24, 2.45) is 0 Å². The molecule has 2 aliphatic carbocycles. The molecule has 0 radical (unpaired) electrons. The average Bonchev–Trinajstić information content (AvgIpc) is 3.44. The Labute approximate surface area is 219 Å². The molecule has 0 atom stereocenters. The van der Waals surface area contributed by atoms with Gasteiger partial charge in [0.15, 0.2) is 0 Å². The number of hydrogen-bond donors (Lipinski definition) is 0. The van der Waals surface area contributed by atoms with Crippen LogP contribution in [0, 0.1) is 10.1 Å². The molecule has 178 valence electrons. The molecule has 0 bridgehead atoms. The molecule has 1 spiro atoms. The first-order valence-electron chi connectivity index (χ1n) is 12.8. The monoisotopic (exact) mass is 487 g/mol. The van der Waals surface area contributed by atoms with E-state index in [1.165, 1.54) is 44.5 Å². The Balaban J connectivity index is 1.61. The van der Waals surface area contributed by atoms with Crippen molar-refractivity contribution in [3.05, 3.63) is 160 Å². The van der Waals surface area contributed by atoms with Crippen LogP contribution in [0.2, 0.25) is 0 Å². The van der Waals surface area contributed by atoms with Gasteiger partial charge >= 0.3 is 0 Å². The summed E-state index contributed by atoms with van der Waals surface area (Å²) in [6.07, 6.45) is 0. The lowest BCUT2D eigenvalue weighted by Crippen LogP contribution is -2.25. The molecule has 0 saturated heterocycles. The van der Waals surface area contributed by atoms with Gasteiger partial charge in [0.1, 0.15) is 0 Å². The molecule has 0 unspecified atom stereocenters. The standard InChI is InChI=1S/C35H21NO2/c37-36(38)33-20-10-6-14-25(33)28-21-32-34(26-15-2-1-11-22(26)28)27-16-5-9-19-31(27)35(32)29-17-7-3-12-23(29)24-13-4-8-18-30(24)35/h1-21H. The lowest BCUT2D eigenvalue weighted by molar-refractivity contribution is -0.384. The van der Waals surface area contributed by atoms with Crippen molar-refractivity contribution in [2.45, 2.75) is 5.41 Å². The van der Waals surface area contributed by atoms with Crippen LogP contribution in [0.15, 0.2) is 127 Å². The molecule has 0 fully saturated rings. The largest absolute Gasteiger partial charge is 0.277 e. The average molecular weight is 488 g/mol. The first-order chi connectivity index (χ1) is 18.7. The van der Waals surface area contributed by atoms with Crippen LogP contribution >= 0.6 is 0 Å². The van der Waals surface area contributed by atoms with E-state index in [4.69, 9.17) is 0 Å². The van der Waals surface area contributed by atoms with Crippen molar-refractivity contribution in [3.63, 3.8) is 0 Å². The molecular weight excluding hydrogens is 466 g/mol. The van der Waals surface area contributed by atoms with Crippen molar-refractivity contribution in [1.82, 2.24) is 0 Å². The summed E-state index contributed by atoms with van der Waals surface area (Å²) in [7, 11) is 0. The molecule has 2 aliphatic rings. The summed E-state index contributed by atoms with van der Waals surface area (Å²) in [6, 6.07) is 43.8. The SMILES string of the molecule is O=[N+]([O-])c1ccccc1-c1cc2c(c3ccccc13)-c1ccccc1C21c2ccccc2-c2ccccc21. The number of nitrogens with zero attached hydrogens (tertiary/aromatic N) is 1. The van der Waals surface area contributed by atoms with Crippen LogP contribution in [0.25, 0.3) is 44.2 Å². The normalized spacial score (nSPS) is 13.7. The molecule has 3 heteroatoms. The zero-order chi connectivity index (χ0) is 25.4. The molecule has 8 rings (SSSR count). The Kier molecular flexibility index (Phi) is 4.16. The second-order valence-electron chi connectivity index (χ2n) is 10.1. The number of nitro groups is 1. The summed E-state index contributed by atoms with van der Waals surface area (Å²) in [4.78, 5) is 11.9. The van der Waals surface area contributed by atoms with Gasteiger partial charge in [0.05, 0.1) is 15.9 Å². The predicted molar refractivity (Wildman–Crippen MR) is 152 cm³/mol. The Morgan fingerprint density at radius 2 is 0.947 bits per heavy atom. The molecule has 0 saturated carbocycles. The highest BCUT2D eigenvalue weighted by Crippen LogP contribution is 2.64. The van der Waals surface area contributed by atoms with Crippen LogP contribution in [-0.2, 0) is 5.41 Å². The van der Waals surface area contributed by atoms with E-state index in [0.29, 0.717) is 5.56 Å². The lowest BCUT2D eigenvalue weighted by Gasteiger charge is -2.31. The molecule has 0 aromatic heterocycles. The predicted octanol–water partition coefficient (Wildman–Crippen LogP) is 8.76. The van der Waals surface area contributed by atoms with Crippen molar-refractivity contribution < 1.29 is 4.92 Å². The van der Waals surface area contributed by atoms with Crippen molar-refractivity contribution >= 4 is 16.5 Å². The van der Waals surface area contributed by atoms with E-state index in [1.807, 2.05) is 18.2 Å². The molecule has 6 aromatic carbocycles. The minimum Gasteiger partial charge on any atom is -0.258 e. The van der Waals surface area contributed by atoms with E-state index in [-0.39, 0.29) is 10.6 Å². The second-order valence-corrected chi connectivity index (χ2v) is 10.1. The Morgan fingerprint density at radius 1 is 0.474 bits per heavy atom. The molecule has 0 aliphatic heterocycles. The Bertz CT molecular complexity index is 1920. The zero-order valence-corrected chi connectivity index (χ0v) is 20.4. The molecular formula is C35H21NO2. The van der Waals surface area contributed by atoms with Crippen molar-refractivity contribution in [2.75, 3.05) is 0 Å². The quantitative estimate of drug-likeness (QED) is 0.181. The number of fused-ring (bicyclic) bond motifs is 12. The highest BCUT2D eigenvalue weighted by molar-refractivity contribution is 6.11. The van der Waals surface area contributed by atoms with Gasteiger partial charge in [-0.1, -0.05) is 109 Å². The highest BCUT2D eigenvalue weighted by Gasteiger charge is 2.52. The summed E-state index contributed by atoms with van der Waals surface area (Å²) in [5.41, 5.74) is 11.0. The van der Waals surface area contributed by atoms with Gasteiger partial charge in [-0.05, 0) is 73.0 Å². The van der Waals surface area contributed by atoms with Crippen LogP contribution < -0.4 is 0 Å². The van der Waals surface area contributed by atoms with Gasteiger partial charge in [0, 0.05) is 6.07 Å². The van der Waals surface area contributed by atoms with E-state index in [1.54, 1.807) is 12.1 Å². The number of nitro benzene ring substituents is 1. The third-order valence-corrected chi connectivity index (χ3v) is 8.39. The third kappa shape index (κ3) is 2.48. The van der Waals surface area contributed by atoms with Gasteiger partial charge < -0.3 is 0 Å². The first kappa shape index (κ1) is 21.1. The van der Waals surface area contributed by atoms with Gasteiger partial charge in [-0.2, -0.15) is 0 Å². The number of hydrogen-bond acceptors (Lipinski definition) is 2. The van der Waals surface area contributed by atoms with Crippen molar-refractivity contribution in [1.29, 1.82) is 0 Å². The summed E-state index contributed by atoms with van der Waals surface area (Å²) >= 11 is 0. The molecule has 3 nitrogen and oxygen atoms in total. The molecule has 0 amide bonds. The van der Waals surface area contributed by atoms with Crippen molar-refractivity contribution in [3.8, 4) is 33.4 Å². The van der Waals surface area contributed by atoms with Gasteiger partial charge in [-0.3, -0.25) is 10.1 Å². The minimum atomic E-state index is -0.499. The molecule has 0 N–H and O–H groups in total. The minimum absolute atomic E-state index is 0.120. The fourth-order valence-electron chi connectivity index (χ4n) is 7.03. The second kappa shape index (κ2) is 7.50.